The lowest BCUT2D eigenvalue weighted by Gasteiger charge is -2.14. The van der Waals surface area contributed by atoms with Gasteiger partial charge in [0, 0.05) is 24.2 Å². The number of rotatable bonds is 6. The first-order valence-corrected chi connectivity index (χ1v) is 7.41. The molecule has 0 aliphatic rings. The summed E-state index contributed by atoms with van der Waals surface area (Å²) in [6.45, 7) is 3.67. The van der Waals surface area contributed by atoms with Crippen molar-refractivity contribution in [2.24, 2.45) is 5.14 Å². The zero-order valence-electron chi connectivity index (χ0n) is 10.8. The molecule has 0 amide bonds. The maximum atomic E-state index is 10.8. The van der Waals surface area contributed by atoms with E-state index < -0.39 is 14.9 Å². The predicted octanol–water partition coefficient (Wildman–Crippen LogP) is 0.842. The van der Waals surface area contributed by atoms with Crippen molar-refractivity contribution >= 4 is 15.7 Å². The SMILES string of the molecule is Cc1ccc(C(C)NCCS(N)(=O)=O)cc1[N+](=O)[O-]. The Hall–Kier alpha value is -1.51. The molecule has 0 aliphatic carbocycles. The topological polar surface area (TPSA) is 115 Å². The van der Waals surface area contributed by atoms with Crippen molar-refractivity contribution in [1.82, 2.24) is 5.32 Å². The Morgan fingerprint density at radius 3 is 2.63 bits per heavy atom. The van der Waals surface area contributed by atoms with Gasteiger partial charge in [-0.2, -0.15) is 0 Å². The van der Waals surface area contributed by atoms with E-state index in [0.717, 1.165) is 5.56 Å². The highest BCUT2D eigenvalue weighted by Gasteiger charge is 2.14. The van der Waals surface area contributed by atoms with Crippen molar-refractivity contribution in [2.45, 2.75) is 19.9 Å². The minimum absolute atomic E-state index is 0.0533. The molecule has 106 valence electrons. The van der Waals surface area contributed by atoms with E-state index in [1.165, 1.54) is 6.07 Å². The highest BCUT2D eigenvalue weighted by atomic mass is 32.2. The first-order chi connectivity index (χ1) is 8.70. The van der Waals surface area contributed by atoms with E-state index in [0.29, 0.717) is 5.56 Å². The average Bonchev–Trinajstić information content (AvgIpc) is 2.27. The van der Waals surface area contributed by atoms with Crippen LogP contribution in [0.1, 0.15) is 24.1 Å². The van der Waals surface area contributed by atoms with Crippen LogP contribution in [0.25, 0.3) is 0 Å². The Morgan fingerprint density at radius 1 is 1.47 bits per heavy atom. The van der Waals surface area contributed by atoms with Crippen LogP contribution in [0.15, 0.2) is 18.2 Å². The molecule has 0 aliphatic heterocycles. The van der Waals surface area contributed by atoms with Crippen molar-refractivity contribution in [1.29, 1.82) is 0 Å². The zero-order chi connectivity index (χ0) is 14.6. The number of nitrogens with one attached hydrogen (secondary N) is 1. The molecule has 0 radical (unpaired) electrons. The molecule has 1 aromatic carbocycles. The minimum Gasteiger partial charge on any atom is -0.309 e. The molecule has 0 spiro atoms. The van der Waals surface area contributed by atoms with Gasteiger partial charge in [0.1, 0.15) is 0 Å². The summed E-state index contributed by atoms with van der Waals surface area (Å²) in [5.41, 5.74) is 1.37. The van der Waals surface area contributed by atoms with Gasteiger partial charge in [-0.25, -0.2) is 13.6 Å². The number of nitrogens with zero attached hydrogens (tertiary/aromatic N) is 1. The van der Waals surface area contributed by atoms with Crippen molar-refractivity contribution in [3.63, 3.8) is 0 Å². The molecule has 3 N–H and O–H groups in total. The molecule has 0 heterocycles. The largest absolute Gasteiger partial charge is 0.309 e. The van der Waals surface area contributed by atoms with Crippen molar-refractivity contribution in [2.75, 3.05) is 12.3 Å². The van der Waals surface area contributed by atoms with Crippen LogP contribution in [0.4, 0.5) is 5.69 Å². The number of hydrogen-bond acceptors (Lipinski definition) is 5. The van der Waals surface area contributed by atoms with Crippen LogP contribution in [0.5, 0.6) is 0 Å². The number of sulfonamides is 1. The second-order valence-corrected chi connectivity index (χ2v) is 6.08. The number of nitrogens with two attached hydrogens (primary N) is 1. The molecule has 19 heavy (non-hydrogen) atoms. The Balaban J connectivity index is 2.75. The van der Waals surface area contributed by atoms with Crippen molar-refractivity contribution in [3.05, 3.63) is 39.4 Å². The Kier molecular flexibility index (Phi) is 4.98. The lowest BCUT2D eigenvalue weighted by molar-refractivity contribution is -0.385. The third-order valence-electron chi connectivity index (χ3n) is 2.77. The quantitative estimate of drug-likeness (QED) is 0.594. The second-order valence-electron chi connectivity index (χ2n) is 4.35. The monoisotopic (exact) mass is 287 g/mol. The molecular formula is C11H17N3O4S. The first-order valence-electron chi connectivity index (χ1n) is 5.69. The summed E-state index contributed by atoms with van der Waals surface area (Å²) >= 11 is 0. The number of hydrogen-bond donors (Lipinski definition) is 2. The fourth-order valence-corrected chi connectivity index (χ4v) is 2.03. The summed E-state index contributed by atoms with van der Waals surface area (Å²) in [5, 5.41) is 18.7. The fourth-order valence-electron chi connectivity index (χ4n) is 1.63. The van der Waals surface area contributed by atoms with Gasteiger partial charge in [0.15, 0.2) is 0 Å². The Morgan fingerprint density at radius 2 is 2.11 bits per heavy atom. The van der Waals surface area contributed by atoms with E-state index in [1.807, 2.05) is 0 Å². The van der Waals surface area contributed by atoms with Crippen LogP contribution in [-0.4, -0.2) is 25.6 Å². The zero-order valence-corrected chi connectivity index (χ0v) is 11.6. The smallest absolute Gasteiger partial charge is 0.272 e. The van der Waals surface area contributed by atoms with E-state index >= 15 is 0 Å². The third kappa shape index (κ3) is 4.93. The van der Waals surface area contributed by atoms with Crippen LogP contribution in [0, 0.1) is 17.0 Å². The summed E-state index contributed by atoms with van der Waals surface area (Å²) < 4.78 is 21.6. The molecular weight excluding hydrogens is 270 g/mol. The molecule has 0 aromatic heterocycles. The molecule has 7 nitrogen and oxygen atoms in total. The van der Waals surface area contributed by atoms with Gasteiger partial charge in [-0.15, -0.1) is 0 Å². The van der Waals surface area contributed by atoms with E-state index in [9.17, 15) is 18.5 Å². The lowest BCUT2D eigenvalue weighted by atomic mass is 10.0. The average molecular weight is 287 g/mol. The van der Waals surface area contributed by atoms with Crippen LogP contribution in [-0.2, 0) is 10.0 Å². The highest BCUT2D eigenvalue weighted by Crippen LogP contribution is 2.22. The van der Waals surface area contributed by atoms with Gasteiger partial charge in [-0.05, 0) is 19.4 Å². The van der Waals surface area contributed by atoms with Gasteiger partial charge in [-0.1, -0.05) is 12.1 Å². The molecule has 0 saturated heterocycles. The van der Waals surface area contributed by atoms with E-state index in [2.05, 4.69) is 5.32 Å². The van der Waals surface area contributed by atoms with Gasteiger partial charge in [0.05, 0.1) is 10.7 Å². The predicted molar refractivity (Wildman–Crippen MR) is 72.2 cm³/mol. The Labute approximate surface area is 112 Å². The lowest BCUT2D eigenvalue weighted by Crippen LogP contribution is -2.28. The van der Waals surface area contributed by atoms with Gasteiger partial charge in [0.25, 0.3) is 5.69 Å². The van der Waals surface area contributed by atoms with Crippen molar-refractivity contribution < 1.29 is 13.3 Å². The van der Waals surface area contributed by atoms with E-state index in [-0.39, 0.29) is 24.0 Å². The summed E-state index contributed by atoms with van der Waals surface area (Å²) in [4.78, 5) is 10.4. The molecule has 0 bridgehead atoms. The molecule has 8 heteroatoms. The van der Waals surface area contributed by atoms with Crippen LogP contribution < -0.4 is 10.5 Å². The van der Waals surface area contributed by atoms with Gasteiger partial charge in [-0.3, -0.25) is 10.1 Å². The second kappa shape index (κ2) is 6.09. The molecule has 1 unspecified atom stereocenters. The highest BCUT2D eigenvalue weighted by molar-refractivity contribution is 7.89. The Bertz CT molecular complexity index is 571. The first kappa shape index (κ1) is 15.5. The third-order valence-corrected chi connectivity index (χ3v) is 3.54. The molecule has 0 saturated carbocycles. The van der Waals surface area contributed by atoms with Gasteiger partial charge < -0.3 is 5.32 Å². The number of nitro benzene ring substituents is 1. The maximum absolute atomic E-state index is 10.8. The van der Waals surface area contributed by atoms with Crippen LogP contribution in [0.3, 0.4) is 0 Å². The molecule has 1 aromatic rings. The van der Waals surface area contributed by atoms with Crippen molar-refractivity contribution in [3.8, 4) is 0 Å². The maximum Gasteiger partial charge on any atom is 0.272 e. The normalized spacial score (nSPS) is 13.2. The standard InChI is InChI=1S/C11H17N3O4S/c1-8-3-4-10(7-11(8)14(15)16)9(2)13-5-6-19(12,17)18/h3-4,7,9,13H,5-6H2,1-2H3,(H2,12,17,18). The number of benzene rings is 1. The number of aryl methyl sites for hydroxylation is 1. The molecule has 0 fully saturated rings. The fraction of sp³-hybridized carbons (Fsp3) is 0.455. The number of nitro groups is 1. The van der Waals surface area contributed by atoms with Crippen LogP contribution >= 0.6 is 0 Å². The summed E-state index contributed by atoms with van der Waals surface area (Å²) in [7, 11) is -3.50. The molecule has 1 rings (SSSR count). The van der Waals surface area contributed by atoms with Crippen LogP contribution in [0.2, 0.25) is 0 Å². The van der Waals surface area contributed by atoms with Gasteiger partial charge >= 0.3 is 0 Å². The summed E-state index contributed by atoms with van der Waals surface area (Å²) in [6, 6.07) is 4.74. The van der Waals surface area contributed by atoms with Gasteiger partial charge in [0.2, 0.25) is 10.0 Å². The summed E-state index contributed by atoms with van der Waals surface area (Å²) in [6.07, 6.45) is 0. The molecule has 1 atom stereocenters. The summed E-state index contributed by atoms with van der Waals surface area (Å²) in [5.74, 6) is -0.175. The number of primary sulfonamides is 1. The van der Waals surface area contributed by atoms with E-state index in [4.69, 9.17) is 5.14 Å². The van der Waals surface area contributed by atoms with E-state index in [1.54, 1.807) is 26.0 Å². The minimum atomic E-state index is -3.50.